The third kappa shape index (κ3) is 4.49. The second-order valence-electron chi connectivity index (χ2n) is 5.77. The summed E-state index contributed by atoms with van der Waals surface area (Å²) in [6, 6.07) is 6.36. The molecule has 1 aromatic carbocycles. The number of nitrogens with one attached hydrogen (secondary N) is 1. The van der Waals surface area contributed by atoms with Crippen LogP contribution in [0.2, 0.25) is 0 Å². The molecule has 1 aliphatic rings. The number of carbonyl (C=O) groups is 1. The highest BCUT2D eigenvalue weighted by Crippen LogP contribution is 2.20. The van der Waals surface area contributed by atoms with Gasteiger partial charge in [0, 0.05) is 13.1 Å². The smallest absolute Gasteiger partial charge is 0.253 e. The summed E-state index contributed by atoms with van der Waals surface area (Å²) in [7, 11) is -3.38. The van der Waals surface area contributed by atoms with Crippen LogP contribution in [-0.2, 0) is 26.0 Å². The van der Waals surface area contributed by atoms with E-state index in [4.69, 9.17) is 4.74 Å². The van der Waals surface area contributed by atoms with Crippen LogP contribution >= 0.6 is 0 Å². The summed E-state index contributed by atoms with van der Waals surface area (Å²) in [4.78, 5) is 12.3. The second kappa shape index (κ2) is 6.94. The standard InChI is InChI=1S/C15H21FN2O4S/c1-15(11-18(9-10-22-15)23(2,20)21)14(19)17-8-7-12-5-3-4-6-13(12)16/h3-6H,7-11H2,1-2H3,(H,17,19)/t15-/m0/s1. The van der Waals surface area contributed by atoms with Crippen molar-refractivity contribution < 1.29 is 22.3 Å². The lowest BCUT2D eigenvalue weighted by molar-refractivity contribution is -0.152. The first-order valence-electron chi connectivity index (χ1n) is 7.33. The van der Waals surface area contributed by atoms with Gasteiger partial charge in [-0.3, -0.25) is 4.79 Å². The van der Waals surface area contributed by atoms with Crippen LogP contribution in [-0.4, -0.2) is 56.7 Å². The number of amides is 1. The fourth-order valence-electron chi connectivity index (χ4n) is 2.45. The molecule has 1 saturated heterocycles. The number of hydrogen-bond donors (Lipinski definition) is 1. The molecule has 1 N–H and O–H groups in total. The molecule has 0 unspecified atom stereocenters. The molecule has 0 bridgehead atoms. The molecule has 1 aliphatic heterocycles. The Hall–Kier alpha value is -1.51. The minimum Gasteiger partial charge on any atom is -0.363 e. The number of benzene rings is 1. The maximum atomic E-state index is 13.5. The molecular formula is C15H21FN2O4S. The largest absolute Gasteiger partial charge is 0.363 e. The zero-order valence-corrected chi connectivity index (χ0v) is 14.0. The van der Waals surface area contributed by atoms with Crippen LogP contribution in [0.4, 0.5) is 4.39 Å². The molecule has 6 nitrogen and oxygen atoms in total. The Morgan fingerprint density at radius 1 is 1.43 bits per heavy atom. The summed E-state index contributed by atoms with van der Waals surface area (Å²) in [6.07, 6.45) is 1.46. The number of morpholine rings is 1. The summed E-state index contributed by atoms with van der Waals surface area (Å²) in [5, 5.41) is 2.69. The highest BCUT2D eigenvalue weighted by Gasteiger charge is 2.41. The summed E-state index contributed by atoms with van der Waals surface area (Å²) in [5.41, 5.74) is -0.725. The Morgan fingerprint density at radius 2 is 2.13 bits per heavy atom. The van der Waals surface area contributed by atoms with Crippen molar-refractivity contribution in [2.24, 2.45) is 0 Å². The van der Waals surface area contributed by atoms with Crippen molar-refractivity contribution in [1.82, 2.24) is 9.62 Å². The van der Waals surface area contributed by atoms with Crippen LogP contribution in [0.3, 0.4) is 0 Å². The maximum Gasteiger partial charge on any atom is 0.253 e. The van der Waals surface area contributed by atoms with E-state index < -0.39 is 21.5 Å². The van der Waals surface area contributed by atoms with Crippen LogP contribution in [0.15, 0.2) is 24.3 Å². The van der Waals surface area contributed by atoms with Crippen molar-refractivity contribution in [3.63, 3.8) is 0 Å². The molecule has 0 aliphatic carbocycles. The van der Waals surface area contributed by atoms with E-state index in [9.17, 15) is 17.6 Å². The summed E-state index contributed by atoms with van der Waals surface area (Å²) in [5.74, 6) is -0.715. The molecular weight excluding hydrogens is 323 g/mol. The average Bonchev–Trinajstić information content (AvgIpc) is 2.48. The number of carbonyl (C=O) groups excluding carboxylic acids is 1. The van der Waals surface area contributed by atoms with Gasteiger partial charge in [-0.05, 0) is 25.0 Å². The van der Waals surface area contributed by atoms with Crippen LogP contribution in [0.5, 0.6) is 0 Å². The quantitative estimate of drug-likeness (QED) is 0.846. The predicted octanol–water partition coefficient (Wildman–Crippen LogP) is 0.535. The molecule has 8 heteroatoms. The van der Waals surface area contributed by atoms with E-state index in [1.54, 1.807) is 25.1 Å². The zero-order valence-electron chi connectivity index (χ0n) is 13.2. The van der Waals surface area contributed by atoms with Crippen molar-refractivity contribution in [1.29, 1.82) is 0 Å². The first-order chi connectivity index (χ1) is 10.7. The van der Waals surface area contributed by atoms with Crippen molar-refractivity contribution in [2.75, 3.05) is 32.5 Å². The van der Waals surface area contributed by atoms with E-state index in [-0.39, 0.29) is 32.1 Å². The molecule has 1 amide bonds. The average molecular weight is 344 g/mol. The van der Waals surface area contributed by atoms with Gasteiger partial charge in [-0.25, -0.2) is 12.8 Å². The third-order valence-electron chi connectivity index (χ3n) is 3.83. The molecule has 2 rings (SSSR count). The summed E-state index contributed by atoms with van der Waals surface area (Å²) < 4.78 is 43.5. The van der Waals surface area contributed by atoms with Gasteiger partial charge >= 0.3 is 0 Å². The molecule has 0 spiro atoms. The van der Waals surface area contributed by atoms with Crippen molar-refractivity contribution >= 4 is 15.9 Å². The van der Waals surface area contributed by atoms with Crippen LogP contribution in [0, 0.1) is 5.82 Å². The molecule has 0 radical (unpaired) electrons. The van der Waals surface area contributed by atoms with Crippen molar-refractivity contribution in [2.45, 2.75) is 18.9 Å². The topological polar surface area (TPSA) is 75.7 Å². The second-order valence-corrected chi connectivity index (χ2v) is 7.76. The number of halogens is 1. The van der Waals surface area contributed by atoms with Gasteiger partial charge in [-0.2, -0.15) is 4.31 Å². The van der Waals surface area contributed by atoms with E-state index >= 15 is 0 Å². The third-order valence-corrected chi connectivity index (χ3v) is 5.08. The fourth-order valence-corrected chi connectivity index (χ4v) is 3.34. The van der Waals surface area contributed by atoms with E-state index in [2.05, 4.69) is 5.32 Å². The Labute approximate surface area is 135 Å². The minimum absolute atomic E-state index is 0.0304. The fraction of sp³-hybridized carbons (Fsp3) is 0.533. The van der Waals surface area contributed by atoms with Gasteiger partial charge in [0.25, 0.3) is 5.91 Å². The van der Waals surface area contributed by atoms with E-state index in [1.807, 2.05) is 0 Å². The van der Waals surface area contributed by atoms with E-state index in [0.717, 1.165) is 6.26 Å². The van der Waals surface area contributed by atoms with Gasteiger partial charge in [0.15, 0.2) is 5.60 Å². The van der Waals surface area contributed by atoms with Crippen LogP contribution in [0.25, 0.3) is 0 Å². The molecule has 23 heavy (non-hydrogen) atoms. The van der Waals surface area contributed by atoms with Gasteiger partial charge in [0.2, 0.25) is 10.0 Å². The number of rotatable bonds is 5. The van der Waals surface area contributed by atoms with Gasteiger partial charge in [0.05, 0.1) is 19.4 Å². The Morgan fingerprint density at radius 3 is 2.78 bits per heavy atom. The highest BCUT2D eigenvalue weighted by molar-refractivity contribution is 7.88. The lowest BCUT2D eigenvalue weighted by atomic mass is 10.0. The Bertz CT molecular complexity index is 680. The SMILES string of the molecule is C[C@@]1(C(=O)NCCc2ccccc2F)CN(S(C)(=O)=O)CCO1. The monoisotopic (exact) mass is 344 g/mol. The molecule has 1 fully saturated rings. The predicted molar refractivity (Wildman–Crippen MR) is 83.9 cm³/mol. The van der Waals surface area contributed by atoms with E-state index in [1.165, 1.54) is 10.4 Å². The molecule has 1 atom stereocenters. The molecule has 0 aromatic heterocycles. The van der Waals surface area contributed by atoms with Crippen molar-refractivity contribution in [3.05, 3.63) is 35.6 Å². The minimum atomic E-state index is -3.38. The molecule has 128 valence electrons. The number of nitrogens with zero attached hydrogens (tertiary/aromatic N) is 1. The zero-order chi connectivity index (χ0) is 17.1. The van der Waals surface area contributed by atoms with Gasteiger partial charge in [0.1, 0.15) is 5.82 Å². The van der Waals surface area contributed by atoms with Gasteiger partial charge < -0.3 is 10.1 Å². The van der Waals surface area contributed by atoms with E-state index in [0.29, 0.717) is 12.0 Å². The first kappa shape index (κ1) is 17.8. The number of ether oxygens (including phenoxy) is 1. The van der Waals surface area contributed by atoms with Gasteiger partial charge in [-0.15, -0.1) is 0 Å². The maximum absolute atomic E-state index is 13.5. The summed E-state index contributed by atoms with van der Waals surface area (Å²) in [6.45, 7) is 2.17. The first-order valence-corrected chi connectivity index (χ1v) is 9.18. The van der Waals surface area contributed by atoms with Crippen LogP contribution < -0.4 is 5.32 Å². The lowest BCUT2D eigenvalue weighted by Crippen LogP contribution is -2.59. The normalized spacial score (nSPS) is 22.7. The number of hydrogen-bond acceptors (Lipinski definition) is 4. The summed E-state index contributed by atoms with van der Waals surface area (Å²) >= 11 is 0. The highest BCUT2D eigenvalue weighted by atomic mass is 32.2. The molecule has 1 heterocycles. The molecule has 1 aromatic rings. The Balaban J connectivity index is 1.93. The molecule has 0 saturated carbocycles. The lowest BCUT2D eigenvalue weighted by Gasteiger charge is -2.37. The van der Waals surface area contributed by atoms with Gasteiger partial charge in [-0.1, -0.05) is 18.2 Å². The Kier molecular flexibility index (Phi) is 5.38. The van der Waals surface area contributed by atoms with Crippen LogP contribution in [0.1, 0.15) is 12.5 Å². The number of sulfonamides is 1. The van der Waals surface area contributed by atoms with Crippen molar-refractivity contribution in [3.8, 4) is 0 Å².